The normalized spacial score (nSPS) is 11.9. The highest BCUT2D eigenvalue weighted by atomic mass is 15.0. The second-order valence-corrected chi connectivity index (χ2v) is 13.4. The molecule has 3 aromatic heterocycles. The number of hydrogen-bond donors (Lipinski definition) is 0. The lowest BCUT2D eigenvalue weighted by atomic mass is 10.0. The van der Waals surface area contributed by atoms with Crippen LogP contribution in [0.1, 0.15) is 0 Å². The van der Waals surface area contributed by atoms with Gasteiger partial charge in [0, 0.05) is 49.4 Å². The largest absolute Gasteiger partial charge is 0.309 e. The first-order chi connectivity index (χ1) is 25.3. The Kier molecular flexibility index (Phi) is 5.96. The molecule has 0 aliphatic carbocycles. The Morgan fingerprint density at radius 1 is 0.216 bits per heavy atom. The molecular weight excluding hydrogens is 619 g/mol. The van der Waals surface area contributed by atoms with Crippen LogP contribution in [-0.2, 0) is 0 Å². The summed E-state index contributed by atoms with van der Waals surface area (Å²) in [5.74, 6) is 0. The van der Waals surface area contributed by atoms with Crippen molar-refractivity contribution in [3.8, 4) is 28.2 Å². The third-order valence-corrected chi connectivity index (χ3v) is 10.6. The van der Waals surface area contributed by atoms with Crippen LogP contribution in [0.2, 0.25) is 0 Å². The lowest BCUT2D eigenvalue weighted by Crippen LogP contribution is -2.00. The third kappa shape index (κ3) is 4.12. The van der Waals surface area contributed by atoms with Crippen molar-refractivity contribution in [2.75, 3.05) is 0 Å². The predicted octanol–water partition coefficient (Wildman–Crippen LogP) is 12.6. The Labute approximate surface area is 294 Å². The van der Waals surface area contributed by atoms with Crippen LogP contribution in [0.5, 0.6) is 0 Å². The van der Waals surface area contributed by atoms with Gasteiger partial charge in [-0.1, -0.05) is 121 Å². The standard InChI is InChI=1S/C48H31N3/c1-7-19-43-37(13-1)38-14-2-8-20-44(38)49(43)34-27-25-32(26-28-34)33-29-35(50-45-21-9-3-15-39(45)40-16-4-10-22-46(40)50)31-36(30-33)51-47-23-11-5-17-41(47)42-18-6-12-24-48(42)51/h1-31H. The van der Waals surface area contributed by atoms with Crippen LogP contribution >= 0.6 is 0 Å². The highest BCUT2D eigenvalue weighted by molar-refractivity contribution is 6.11. The van der Waals surface area contributed by atoms with Crippen molar-refractivity contribution in [2.24, 2.45) is 0 Å². The van der Waals surface area contributed by atoms with E-state index in [0.717, 1.165) is 17.1 Å². The lowest BCUT2D eigenvalue weighted by molar-refractivity contribution is 1.13. The minimum atomic E-state index is 1.13. The number of rotatable bonds is 4. The molecule has 0 unspecified atom stereocenters. The first-order valence-electron chi connectivity index (χ1n) is 17.5. The van der Waals surface area contributed by atoms with Crippen LogP contribution in [0.25, 0.3) is 93.6 Å². The molecule has 8 aromatic carbocycles. The average molecular weight is 650 g/mol. The maximum Gasteiger partial charge on any atom is 0.0541 e. The van der Waals surface area contributed by atoms with Crippen molar-refractivity contribution < 1.29 is 0 Å². The molecule has 3 nitrogen and oxygen atoms in total. The van der Waals surface area contributed by atoms with Crippen LogP contribution in [-0.4, -0.2) is 13.7 Å². The van der Waals surface area contributed by atoms with E-state index < -0.39 is 0 Å². The smallest absolute Gasteiger partial charge is 0.0541 e. The number of fused-ring (bicyclic) bond motifs is 9. The molecule has 0 N–H and O–H groups in total. The second kappa shape index (κ2) is 10.8. The van der Waals surface area contributed by atoms with Gasteiger partial charge in [-0.2, -0.15) is 0 Å². The van der Waals surface area contributed by atoms with Crippen LogP contribution < -0.4 is 0 Å². The van der Waals surface area contributed by atoms with Gasteiger partial charge in [0.1, 0.15) is 0 Å². The molecule has 3 heteroatoms. The molecule has 0 aliphatic heterocycles. The first kappa shape index (κ1) is 28.0. The second-order valence-electron chi connectivity index (χ2n) is 13.4. The molecule has 0 spiro atoms. The Balaban J connectivity index is 1.17. The lowest BCUT2D eigenvalue weighted by Gasteiger charge is -2.16. The molecule has 0 atom stereocenters. The number of hydrogen-bond acceptors (Lipinski definition) is 0. The van der Waals surface area contributed by atoms with E-state index in [0.29, 0.717) is 0 Å². The molecule has 11 rings (SSSR count). The maximum absolute atomic E-state index is 2.43. The van der Waals surface area contributed by atoms with Crippen molar-refractivity contribution in [1.82, 2.24) is 13.7 Å². The van der Waals surface area contributed by atoms with Crippen LogP contribution in [0.15, 0.2) is 188 Å². The van der Waals surface area contributed by atoms with Crippen molar-refractivity contribution in [3.05, 3.63) is 188 Å². The van der Waals surface area contributed by atoms with Crippen molar-refractivity contribution in [1.29, 1.82) is 0 Å². The number of nitrogens with zero attached hydrogens (tertiary/aromatic N) is 3. The minimum absolute atomic E-state index is 1.13. The Hall–Kier alpha value is -6.84. The predicted molar refractivity (Wildman–Crippen MR) is 215 cm³/mol. The fourth-order valence-corrected chi connectivity index (χ4v) is 8.43. The van der Waals surface area contributed by atoms with E-state index in [4.69, 9.17) is 0 Å². The van der Waals surface area contributed by atoms with Gasteiger partial charge < -0.3 is 13.7 Å². The third-order valence-electron chi connectivity index (χ3n) is 10.6. The Bertz CT molecular complexity index is 2840. The zero-order valence-corrected chi connectivity index (χ0v) is 27.7. The van der Waals surface area contributed by atoms with E-state index in [1.54, 1.807) is 0 Å². The molecule has 0 bridgehead atoms. The monoisotopic (exact) mass is 649 g/mol. The highest BCUT2D eigenvalue weighted by Gasteiger charge is 2.18. The molecule has 0 amide bonds. The summed E-state index contributed by atoms with van der Waals surface area (Å²) in [4.78, 5) is 0. The zero-order valence-electron chi connectivity index (χ0n) is 27.7. The Morgan fingerprint density at radius 2 is 0.490 bits per heavy atom. The van der Waals surface area contributed by atoms with Gasteiger partial charge in [-0.15, -0.1) is 0 Å². The summed E-state index contributed by atoms with van der Waals surface area (Å²) >= 11 is 0. The van der Waals surface area contributed by atoms with E-state index in [9.17, 15) is 0 Å². The van der Waals surface area contributed by atoms with Crippen molar-refractivity contribution >= 4 is 65.4 Å². The van der Waals surface area contributed by atoms with Crippen LogP contribution in [0.4, 0.5) is 0 Å². The van der Waals surface area contributed by atoms with Crippen LogP contribution in [0.3, 0.4) is 0 Å². The Morgan fingerprint density at radius 3 is 0.804 bits per heavy atom. The molecule has 0 saturated heterocycles. The van der Waals surface area contributed by atoms with Crippen molar-refractivity contribution in [2.45, 2.75) is 0 Å². The van der Waals surface area contributed by atoms with Gasteiger partial charge in [-0.25, -0.2) is 0 Å². The summed E-state index contributed by atoms with van der Waals surface area (Å²) in [6.45, 7) is 0. The topological polar surface area (TPSA) is 14.8 Å². The van der Waals surface area contributed by atoms with Crippen LogP contribution in [0, 0.1) is 0 Å². The van der Waals surface area contributed by atoms with E-state index in [1.165, 1.54) is 76.5 Å². The van der Waals surface area contributed by atoms with Gasteiger partial charge in [0.15, 0.2) is 0 Å². The van der Waals surface area contributed by atoms with E-state index >= 15 is 0 Å². The summed E-state index contributed by atoms with van der Waals surface area (Å²) in [5.41, 5.74) is 13.0. The van der Waals surface area contributed by atoms with Gasteiger partial charge in [0.25, 0.3) is 0 Å². The molecule has 51 heavy (non-hydrogen) atoms. The van der Waals surface area contributed by atoms with Gasteiger partial charge in [-0.3, -0.25) is 0 Å². The average Bonchev–Trinajstić information content (AvgIpc) is 3.84. The molecule has 0 fully saturated rings. The minimum Gasteiger partial charge on any atom is -0.309 e. The van der Waals surface area contributed by atoms with E-state index in [-0.39, 0.29) is 0 Å². The van der Waals surface area contributed by atoms with Gasteiger partial charge >= 0.3 is 0 Å². The number of benzene rings is 8. The van der Waals surface area contributed by atoms with Gasteiger partial charge in [0.05, 0.1) is 33.1 Å². The molecule has 238 valence electrons. The molecule has 0 radical (unpaired) electrons. The number of para-hydroxylation sites is 6. The fourth-order valence-electron chi connectivity index (χ4n) is 8.43. The molecule has 0 aliphatic rings. The molecule has 11 aromatic rings. The summed E-state index contributed by atoms with van der Waals surface area (Å²) in [7, 11) is 0. The van der Waals surface area contributed by atoms with Gasteiger partial charge in [-0.05, 0) is 77.9 Å². The summed E-state index contributed by atoms with van der Waals surface area (Å²) in [6, 6.07) is 68.5. The summed E-state index contributed by atoms with van der Waals surface area (Å²) in [5, 5.41) is 7.57. The summed E-state index contributed by atoms with van der Waals surface area (Å²) in [6.07, 6.45) is 0. The summed E-state index contributed by atoms with van der Waals surface area (Å²) < 4.78 is 7.24. The van der Waals surface area contributed by atoms with Gasteiger partial charge in [0.2, 0.25) is 0 Å². The van der Waals surface area contributed by atoms with E-state index in [2.05, 4.69) is 202 Å². The molecular formula is C48H31N3. The molecule has 3 heterocycles. The highest BCUT2D eigenvalue weighted by Crippen LogP contribution is 2.38. The molecule has 0 saturated carbocycles. The maximum atomic E-state index is 2.43. The quantitative estimate of drug-likeness (QED) is 0.180. The SMILES string of the molecule is c1ccc2c(c1)c1ccccc1n2-c1ccc(-c2cc(-n3c4ccccc4c4ccccc43)cc(-n3c4ccccc4c4ccccc43)c2)cc1. The van der Waals surface area contributed by atoms with Crippen molar-refractivity contribution in [3.63, 3.8) is 0 Å². The number of aromatic nitrogens is 3. The fraction of sp³-hybridized carbons (Fsp3) is 0. The first-order valence-corrected chi connectivity index (χ1v) is 17.5. The van der Waals surface area contributed by atoms with E-state index in [1.807, 2.05) is 0 Å². The zero-order chi connectivity index (χ0) is 33.5.